The molecule has 1 aromatic rings. The topological polar surface area (TPSA) is 41.5 Å². The Morgan fingerprint density at radius 3 is 2.75 bits per heavy atom. The molecule has 1 aliphatic heterocycles. The Balaban J connectivity index is 1.77. The molecule has 1 N–H and O–H groups in total. The zero-order valence-corrected chi connectivity index (χ0v) is 12.0. The number of hydrogen-bond donors (Lipinski definition) is 1. The Bertz CT molecular complexity index is 572. The van der Waals surface area contributed by atoms with Crippen LogP contribution in [0.15, 0.2) is 41.5 Å². The number of fused-ring (bicyclic) bond motifs is 1. The summed E-state index contributed by atoms with van der Waals surface area (Å²) in [7, 11) is 0. The molecule has 3 rings (SSSR count). The van der Waals surface area contributed by atoms with Crippen LogP contribution in [-0.4, -0.2) is 17.5 Å². The number of nitrogens with zero attached hydrogens (tertiary/aromatic N) is 1. The molecule has 0 saturated heterocycles. The Labute approximate surface area is 119 Å². The van der Waals surface area contributed by atoms with Gasteiger partial charge in [0.15, 0.2) is 0 Å². The first-order chi connectivity index (χ1) is 9.55. The molecule has 2 aliphatic rings. The fourth-order valence-corrected chi connectivity index (χ4v) is 3.20. The lowest BCUT2D eigenvalue weighted by Crippen LogP contribution is -2.45. The predicted molar refractivity (Wildman–Crippen MR) is 81.3 cm³/mol. The van der Waals surface area contributed by atoms with Crippen LogP contribution in [0, 0.1) is 11.3 Å². The van der Waals surface area contributed by atoms with Crippen molar-refractivity contribution in [3.8, 4) is 0 Å². The smallest absolute Gasteiger partial charge is 0.144 e. The molecule has 2 unspecified atom stereocenters. The van der Waals surface area contributed by atoms with Crippen molar-refractivity contribution in [1.29, 1.82) is 0 Å². The van der Waals surface area contributed by atoms with Crippen molar-refractivity contribution in [1.82, 2.24) is 5.43 Å². The second-order valence-corrected chi connectivity index (χ2v) is 6.51. The maximum absolute atomic E-state index is 12.4. The third kappa shape index (κ3) is 2.53. The van der Waals surface area contributed by atoms with Crippen LogP contribution in [0.4, 0.5) is 0 Å². The van der Waals surface area contributed by atoms with Gasteiger partial charge in [0.25, 0.3) is 0 Å². The third-order valence-electron chi connectivity index (χ3n) is 4.10. The van der Waals surface area contributed by atoms with Crippen molar-refractivity contribution in [2.75, 3.05) is 0 Å². The summed E-state index contributed by atoms with van der Waals surface area (Å²) in [5.74, 6) is 0.246. The molecule has 1 heterocycles. The van der Waals surface area contributed by atoms with Crippen molar-refractivity contribution < 1.29 is 4.79 Å². The Kier molecular flexibility index (Phi) is 3.20. The highest BCUT2D eigenvalue weighted by molar-refractivity contribution is 6.13. The van der Waals surface area contributed by atoms with Gasteiger partial charge in [-0.15, -0.1) is 0 Å². The van der Waals surface area contributed by atoms with E-state index in [2.05, 4.69) is 24.4 Å². The molecule has 0 bridgehead atoms. The minimum absolute atomic E-state index is 0.0667. The van der Waals surface area contributed by atoms with Crippen LogP contribution >= 0.6 is 0 Å². The quantitative estimate of drug-likeness (QED) is 0.895. The van der Waals surface area contributed by atoms with E-state index in [-0.39, 0.29) is 17.4 Å². The van der Waals surface area contributed by atoms with E-state index in [0.29, 0.717) is 12.2 Å². The summed E-state index contributed by atoms with van der Waals surface area (Å²) in [6, 6.07) is 10.3. The summed E-state index contributed by atoms with van der Waals surface area (Å²) < 4.78 is 0. The van der Waals surface area contributed by atoms with Gasteiger partial charge in [-0.25, -0.2) is 0 Å². The van der Waals surface area contributed by atoms with E-state index in [1.807, 2.05) is 42.5 Å². The van der Waals surface area contributed by atoms with Crippen LogP contribution in [0.1, 0.15) is 32.3 Å². The van der Waals surface area contributed by atoms with Gasteiger partial charge in [-0.1, -0.05) is 50.3 Å². The summed E-state index contributed by atoms with van der Waals surface area (Å²) in [4.78, 5) is 12.4. The van der Waals surface area contributed by atoms with Crippen molar-refractivity contribution in [2.45, 2.75) is 32.7 Å². The van der Waals surface area contributed by atoms with Gasteiger partial charge in [0.2, 0.25) is 0 Å². The number of carbonyl (C=O) groups is 1. The summed E-state index contributed by atoms with van der Waals surface area (Å²) in [6.45, 7) is 4.31. The molecule has 3 nitrogen and oxygen atoms in total. The van der Waals surface area contributed by atoms with E-state index in [4.69, 9.17) is 0 Å². The first-order valence-electron chi connectivity index (χ1n) is 7.14. The fourth-order valence-electron chi connectivity index (χ4n) is 3.20. The van der Waals surface area contributed by atoms with E-state index in [1.165, 1.54) is 0 Å². The lowest BCUT2D eigenvalue weighted by molar-refractivity contribution is -0.126. The SMILES string of the molecule is CC1(C)CC(=O)C2C(/C=C/c3ccccc3)=NNC2C1. The summed E-state index contributed by atoms with van der Waals surface area (Å²) in [5.41, 5.74) is 5.23. The number of allylic oxidation sites excluding steroid dienone is 1. The van der Waals surface area contributed by atoms with Gasteiger partial charge in [0.1, 0.15) is 5.78 Å². The molecule has 0 radical (unpaired) electrons. The van der Waals surface area contributed by atoms with E-state index in [0.717, 1.165) is 17.7 Å². The van der Waals surface area contributed by atoms with Crippen molar-refractivity contribution in [2.24, 2.45) is 16.4 Å². The van der Waals surface area contributed by atoms with Gasteiger partial charge < -0.3 is 5.43 Å². The lowest BCUT2D eigenvalue weighted by Gasteiger charge is -2.35. The standard InChI is InChI=1S/C17H20N2O/c1-17(2)10-14-16(15(20)11-17)13(18-19-14)9-8-12-6-4-3-5-7-12/h3-9,14,16,19H,10-11H2,1-2H3/b9-8+. The predicted octanol–water partition coefficient (Wildman–Crippen LogP) is 3.03. The number of carbonyl (C=O) groups excluding carboxylic acids is 1. The monoisotopic (exact) mass is 268 g/mol. The molecule has 2 atom stereocenters. The van der Waals surface area contributed by atoms with Crippen molar-refractivity contribution >= 4 is 17.6 Å². The fraction of sp³-hybridized carbons (Fsp3) is 0.412. The van der Waals surface area contributed by atoms with Gasteiger partial charge in [-0.05, 0) is 23.5 Å². The molecule has 0 spiro atoms. The van der Waals surface area contributed by atoms with E-state index in [9.17, 15) is 4.79 Å². The normalized spacial score (nSPS) is 28.1. The first kappa shape index (κ1) is 13.1. The second kappa shape index (κ2) is 4.89. The number of nitrogens with one attached hydrogen (secondary N) is 1. The number of rotatable bonds is 2. The summed E-state index contributed by atoms with van der Waals surface area (Å²) in [5, 5.41) is 4.37. The van der Waals surface area contributed by atoms with E-state index >= 15 is 0 Å². The van der Waals surface area contributed by atoms with E-state index in [1.54, 1.807) is 0 Å². The van der Waals surface area contributed by atoms with Crippen molar-refractivity contribution in [3.63, 3.8) is 0 Å². The Morgan fingerprint density at radius 1 is 1.25 bits per heavy atom. The maximum atomic E-state index is 12.4. The highest BCUT2D eigenvalue weighted by Crippen LogP contribution is 2.38. The molecule has 1 aliphatic carbocycles. The average molecular weight is 268 g/mol. The number of hydrazone groups is 1. The van der Waals surface area contributed by atoms with Gasteiger partial charge in [-0.3, -0.25) is 4.79 Å². The second-order valence-electron chi connectivity index (χ2n) is 6.51. The molecular formula is C17H20N2O. The number of hydrogen-bond acceptors (Lipinski definition) is 3. The number of Topliss-reactive ketones (excluding diaryl/α,β-unsaturated/α-hetero) is 1. The molecular weight excluding hydrogens is 248 g/mol. The highest BCUT2D eigenvalue weighted by Gasteiger charge is 2.45. The molecule has 0 aromatic heterocycles. The zero-order valence-electron chi connectivity index (χ0n) is 12.0. The van der Waals surface area contributed by atoms with Crippen LogP contribution in [0.5, 0.6) is 0 Å². The minimum Gasteiger partial charge on any atom is -0.306 e. The van der Waals surface area contributed by atoms with Gasteiger partial charge in [0, 0.05) is 6.42 Å². The molecule has 20 heavy (non-hydrogen) atoms. The maximum Gasteiger partial charge on any atom is 0.144 e. The van der Waals surface area contributed by atoms with Gasteiger partial charge in [-0.2, -0.15) is 5.10 Å². The third-order valence-corrected chi connectivity index (χ3v) is 4.10. The van der Waals surface area contributed by atoms with E-state index < -0.39 is 0 Å². The molecule has 1 fully saturated rings. The highest BCUT2D eigenvalue weighted by atomic mass is 16.1. The van der Waals surface area contributed by atoms with Crippen LogP contribution in [0.25, 0.3) is 6.08 Å². The minimum atomic E-state index is -0.0667. The van der Waals surface area contributed by atoms with Crippen molar-refractivity contribution in [3.05, 3.63) is 42.0 Å². The van der Waals surface area contributed by atoms with Crippen LogP contribution < -0.4 is 5.43 Å². The molecule has 104 valence electrons. The largest absolute Gasteiger partial charge is 0.306 e. The van der Waals surface area contributed by atoms with Crippen LogP contribution in [-0.2, 0) is 4.79 Å². The summed E-state index contributed by atoms with van der Waals surface area (Å²) in [6.07, 6.45) is 5.64. The number of ketones is 1. The molecule has 1 saturated carbocycles. The van der Waals surface area contributed by atoms with Gasteiger partial charge in [0.05, 0.1) is 17.7 Å². The molecule has 1 aromatic carbocycles. The van der Waals surface area contributed by atoms with Crippen LogP contribution in [0.3, 0.4) is 0 Å². The average Bonchev–Trinajstić information content (AvgIpc) is 2.79. The van der Waals surface area contributed by atoms with Crippen LogP contribution in [0.2, 0.25) is 0 Å². The first-order valence-corrected chi connectivity index (χ1v) is 7.14. The summed E-state index contributed by atoms with van der Waals surface area (Å²) >= 11 is 0. The zero-order chi connectivity index (χ0) is 14.2. The molecule has 3 heteroatoms. The Morgan fingerprint density at radius 2 is 2.00 bits per heavy atom. The molecule has 0 amide bonds. The lowest BCUT2D eigenvalue weighted by atomic mass is 9.69. The van der Waals surface area contributed by atoms with Gasteiger partial charge >= 0.3 is 0 Å². The Hall–Kier alpha value is -1.90. The number of benzene rings is 1.